The second kappa shape index (κ2) is 25.1. The van der Waals surface area contributed by atoms with E-state index in [-0.39, 0.29) is 17.4 Å². The van der Waals surface area contributed by atoms with Crippen molar-refractivity contribution in [2.24, 2.45) is 0 Å². The normalized spacial score (nSPS) is 14.7. The molecule has 352 valence electrons. The molecule has 2 aliphatic heterocycles. The Balaban J connectivity index is 1.31. The van der Waals surface area contributed by atoms with Crippen molar-refractivity contribution in [1.29, 1.82) is 0 Å². The van der Waals surface area contributed by atoms with E-state index in [0.29, 0.717) is 5.69 Å². The van der Waals surface area contributed by atoms with Crippen LogP contribution in [-0.2, 0) is 12.8 Å². The number of aromatic amines is 2. The monoisotopic (exact) mass is 891 g/mol. The number of aryl methyl sites for hydroxylation is 1. The summed E-state index contributed by atoms with van der Waals surface area (Å²) in [6.07, 6.45) is 33.4. The lowest BCUT2D eigenvalue weighted by atomic mass is 9.92. The average Bonchev–Trinajstić information content (AvgIpc) is 4.15. The summed E-state index contributed by atoms with van der Waals surface area (Å²) < 4.78 is 0. The maximum Gasteiger partial charge on any atom is 0.116 e. The van der Waals surface area contributed by atoms with Crippen molar-refractivity contribution in [3.8, 4) is 33.8 Å². The number of unbranched alkanes of at least 4 members (excludes halogenated alkanes) is 20. The quantitative estimate of drug-likeness (QED) is 0.0348. The van der Waals surface area contributed by atoms with Crippen LogP contribution >= 0.6 is 0 Å². The standard InChI is InChI=1S/C59H78N4O3/c1-4-6-8-10-12-14-16-18-20-22-24-32-47-49-34-35-51(60-49)48(33-25-23-21-19-17-15-13-11-9-7-5-2)58-59(66)42(3)57(63-58)56(44-29-27-31-46(65)41-44)54-39-38-53(62-54)55(52-37-36-50(47)61-52)43-28-26-30-45(64)40-43/h26-31,34-42,59,61-62,64-66H,4-25,32-33H2,1-3H3. The van der Waals surface area contributed by atoms with Crippen LogP contribution < -0.4 is 0 Å². The fraction of sp³-hybridized carbons (Fsp3) is 0.492. The lowest BCUT2D eigenvalue weighted by molar-refractivity contribution is 0.157. The topological polar surface area (TPSA) is 118 Å². The van der Waals surface area contributed by atoms with Gasteiger partial charge in [0, 0.05) is 50.2 Å². The van der Waals surface area contributed by atoms with Gasteiger partial charge in [0.2, 0.25) is 0 Å². The Labute approximate surface area is 395 Å². The van der Waals surface area contributed by atoms with Crippen LogP contribution in [0.15, 0.2) is 72.8 Å². The third kappa shape index (κ3) is 12.8. The molecule has 7 heteroatoms. The van der Waals surface area contributed by atoms with E-state index in [9.17, 15) is 15.3 Å². The second-order valence-electron chi connectivity index (χ2n) is 19.3. The minimum atomic E-state index is -0.819. The summed E-state index contributed by atoms with van der Waals surface area (Å²) in [6, 6.07) is 23.2. The number of phenols is 2. The van der Waals surface area contributed by atoms with Gasteiger partial charge in [-0.3, -0.25) is 4.98 Å². The highest BCUT2D eigenvalue weighted by atomic mass is 16.3. The number of H-pyrrole nitrogens is 2. The number of nitrogens with zero attached hydrogens (tertiary/aromatic N) is 2. The minimum absolute atomic E-state index is 0.165. The Hall–Kier alpha value is -5.14. The summed E-state index contributed by atoms with van der Waals surface area (Å²) in [5, 5.41) is 33.8. The zero-order valence-corrected chi connectivity index (χ0v) is 40.4. The maximum atomic E-state index is 12.3. The number of aromatic hydroxyl groups is 2. The number of phenolic OH excluding ortho intramolecular Hbond substituents is 2. The molecule has 7 nitrogen and oxygen atoms in total. The molecule has 5 aromatic rings. The van der Waals surface area contributed by atoms with Gasteiger partial charge < -0.3 is 25.3 Å². The van der Waals surface area contributed by atoms with Crippen molar-refractivity contribution in [1.82, 2.24) is 19.9 Å². The first-order chi connectivity index (χ1) is 32.4. The molecular weight excluding hydrogens is 813 g/mol. The largest absolute Gasteiger partial charge is 0.508 e. The number of aliphatic hydroxyl groups excluding tert-OH is 1. The third-order valence-corrected chi connectivity index (χ3v) is 14.1. The number of aliphatic hydroxyl groups is 1. The molecule has 0 saturated carbocycles. The van der Waals surface area contributed by atoms with Gasteiger partial charge in [-0.05, 0) is 97.5 Å². The molecule has 0 spiro atoms. The number of hydrogen-bond acceptors (Lipinski definition) is 5. The Morgan fingerprint density at radius 2 is 0.864 bits per heavy atom. The van der Waals surface area contributed by atoms with E-state index in [1.165, 1.54) is 128 Å². The van der Waals surface area contributed by atoms with E-state index in [4.69, 9.17) is 9.97 Å². The van der Waals surface area contributed by atoms with E-state index in [2.05, 4.69) is 67.2 Å². The maximum absolute atomic E-state index is 12.3. The van der Waals surface area contributed by atoms with Crippen molar-refractivity contribution in [2.45, 2.75) is 187 Å². The summed E-state index contributed by atoms with van der Waals surface area (Å²) in [5.74, 6) is 0.0458. The van der Waals surface area contributed by atoms with E-state index in [0.717, 1.165) is 99.1 Å². The van der Waals surface area contributed by atoms with Crippen molar-refractivity contribution in [3.05, 3.63) is 107 Å². The first-order valence-corrected chi connectivity index (χ1v) is 26.1. The molecule has 0 radical (unpaired) electrons. The number of nitrogens with one attached hydrogen (secondary N) is 2. The molecule has 0 amide bonds. The lowest BCUT2D eigenvalue weighted by Gasteiger charge is -2.14. The third-order valence-electron chi connectivity index (χ3n) is 14.1. The van der Waals surface area contributed by atoms with Crippen molar-refractivity contribution < 1.29 is 15.3 Å². The molecule has 0 fully saturated rings. The van der Waals surface area contributed by atoms with Crippen LogP contribution in [0.2, 0.25) is 0 Å². The SMILES string of the molecule is CCCCCCCCCCCCCc1c2nc(c(CCCCCCCCCCCCC)c3ccc([nH]3)c(-c3cccc(O)c3)c3ccc([nH]3)c(-c3cccc(O)c3)c3nc1C(O)C3C)C=C2. The smallest absolute Gasteiger partial charge is 0.116 e. The van der Waals surface area contributed by atoms with Gasteiger partial charge in [-0.2, -0.15) is 0 Å². The van der Waals surface area contributed by atoms with Crippen LogP contribution in [0.3, 0.4) is 0 Å². The molecule has 5 N–H and O–H groups in total. The molecule has 0 aliphatic carbocycles. The zero-order valence-electron chi connectivity index (χ0n) is 40.4. The van der Waals surface area contributed by atoms with Gasteiger partial charge in [0.25, 0.3) is 0 Å². The Morgan fingerprint density at radius 3 is 1.36 bits per heavy atom. The minimum Gasteiger partial charge on any atom is -0.508 e. The molecule has 0 saturated heterocycles. The predicted molar refractivity (Wildman–Crippen MR) is 278 cm³/mol. The van der Waals surface area contributed by atoms with Crippen LogP contribution in [0.1, 0.15) is 208 Å². The molecule has 7 rings (SSSR count). The summed E-state index contributed by atoms with van der Waals surface area (Å²) in [4.78, 5) is 18.5. The van der Waals surface area contributed by atoms with Gasteiger partial charge in [-0.25, -0.2) is 4.98 Å². The van der Waals surface area contributed by atoms with Gasteiger partial charge >= 0.3 is 0 Å². The van der Waals surface area contributed by atoms with Crippen molar-refractivity contribution >= 4 is 34.2 Å². The van der Waals surface area contributed by atoms with Crippen molar-refractivity contribution in [3.63, 3.8) is 0 Å². The van der Waals surface area contributed by atoms with Gasteiger partial charge in [0.15, 0.2) is 0 Å². The first-order valence-electron chi connectivity index (χ1n) is 26.1. The van der Waals surface area contributed by atoms with E-state index in [1.54, 1.807) is 18.2 Å². The fourth-order valence-corrected chi connectivity index (χ4v) is 10.3. The number of benzene rings is 2. The van der Waals surface area contributed by atoms with Crippen LogP contribution in [-0.4, -0.2) is 35.3 Å². The highest BCUT2D eigenvalue weighted by Crippen LogP contribution is 2.43. The molecule has 8 bridgehead atoms. The summed E-state index contributed by atoms with van der Waals surface area (Å²) in [6.45, 7) is 6.62. The van der Waals surface area contributed by atoms with Crippen molar-refractivity contribution in [2.75, 3.05) is 0 Å². The predicted octanol–water partition coefficient (Wildman–Crippen LogP) is 16.8. The molecule has 3 aromatic heterocycles. The molecular formula is C59H78N4O3. The van der Waals surface area contributed by atoms with Crippen LogP contribution in [0.5, 0.6) is 11.5 Å². The molecule has 2 aromatic carbocycles. The molecule has 2 unspecified atom stereocenters. The summed E-state index contributed by atoms with van der Waals surface area (Å²) >= 11 is 0. The van der Waals surface area contributed by atoms with Crippen LogP contribution in [0.25, 0.3) is 56.5 Å². The first kappa shape index (κ1) is 48.8. The van der Waals surface area contributed by atoms with Gasteiger partial charge in [0.1, 0.15) is 17.6 Å². The zero-order chi connectivity index (χ0) is 46.1. The van der Waals surface area contributed by atoms with Gasteiger partial charge in [-0.1, -0.05) is 173 Å². The highest BCUT2D eigenvalue weighted by molar-refractivity contribution is 5.96. The molecule has 66 heavy (non-hydrogen) atoms. The second-order valence-corrected chi connectivity index (χ2v) is 19.3. The van der Waals surface area contributed by atoms with Crippen LogP contribution in [0, 0.1) is 0 Å². The summed E-state index contributed by atoms with van der Waals surface area (Å²) in [5.41, 5.74) is 12.7. The molecule has 2 atom stereocenters. The number of fused-ring (bicyclic) bond motifs is 8. The molecule has 2 aliphatic rings. The summed E-state index contributed by atoms with van der Waals surface area (Å²) in [7, 11) is 0. The van der Waals surface area contributed by atoms with E-state index in [1.807, 2.05) is 30.3 Å². The fourth-order valence-electron chi connectivity index (χ4n) is 10.3. The Kier molecular flexibility index (Phi) is 18.6. The number of rotatable bonds is 26. The average molecular weight is 891 g/mol. The Morgan fingerprint density at radius 1 is 0.455 bits per heavy atom. The highest BCUT2D eigenvalue weighted by Gasteiger charge is 2.33. The van der Waals surface area contributed by atoms with Gasteiger partial charge in [-0.15, -0.1) is 0 Å². The number of hydrogen-bond donors (Lipinski definition) is 5. The van der Waals surface area contributed by atoms with Gasteiger partial charge in [0.05, 0.1) is 22.8 Å². The Bertz CT molecular complexity index is 2510. The lowest BCUT2D eigenvalue weighted by Crippen LogP contribution is -2.05. The van der Waals surface area contributed by atoms with E-state index < -0.39 is 6.10 Å². The van der Waals surface area contributed by atoms with Crippen LogP contribution in [0.4, 0.5) is 0 Å². The number of aromatic nitrogens is 4. The van der Waals surface area contributed by atoms with E-state index >= 15 is 0 Å². The molecule has 5 heterocycles.